The lowest BCUT2D eigenvalue weighted by atomic mass is 10.8. The van der Waals surface area contributed by atoms with Crippen LogP contribution in [-0.4, -0.2) is 212 Å². The molecule has 0 aromatic heterocycles. The smallest absolute Gasteiger partial charge is 0.146 e. The van der Waals surface area contributed by atoms with E-state index in [0.29, 0.717) is 0 Å². The summed E-state index contributed by atoms with van der Waals surface area (Å²) in [6.45, 7) is 26.3. The minimum Gasteiger partial charge on any atom is -0.146 e. The highest BCUT2D eigenvalue weighted by molar-refractivity contribution is 7.52. The molecule has 0 atom stereocenters. The van der Waals surface area contributed by atoms with E-state index in [2.05, 4.69) is 183 Å². The second kappa shape index (κ2) is 66.5. The molecule has 0 saturated heterocycles. The van der Waals surface area contributed by atoms with Gasteiger partial charge in [0.25, 0.3) is 0 Å². The zero-order valence-corrected chi connectivity index (χ0v) is 147. The summed E-state index contributed by atoms with van der Waals surface area (Å²) in [5.74, 6) is 0. The van der Waals surface area contributed by atoms with Crippen molar-refractivity contribution >= 4 is 567 Å². The van der Waals surface area contributed by atoms with Crippen molar-refractivity contribution in [2.75, 3.05) is 0 Å². The van der Waals surface area contributed by atoms with Gasteiger partial charge in [0.15, 0.2) is 0 Å². The maximum Gasteiger partial charge on any atom is 0.248 e. The predicted molar refractivity (Wildman–Crippen MR) is 788 cm³/mol. The summed E-state index contributed by atoms with van der Waals surface area (Å²) in [6, 6.07) is 60.4. The van der Waals surface area contributed by atoms with Gasteiger partial charge in [-0.3, -0.25) is 0 Å². The van der Waals surface area contributed by atoms with E-state index in [4.69, 9.17) is 355 Å². The minimum atomic E-state index is -2.71. The first-order chi connectivity index (χ1) is 63.8. The molecule has 0 aliphatic rings. The second-order valence-corrected chi connectivity index (χ2v) is 252. The standard InChI is InChI=1S/C84H196Cl32Si29/c1-117(29-37-121(5,45-65-129(13,85)86)46-66-130(14,87)88,30-38-122(6,47-67-131(15,89)90)48-68-132(16,91)92)61-81-145(82-62-118(2,31-39-123(7,49-69-133(17,93)94)50-70-134(18,95)96)32-40-124(8,51-71-135(19,97)98)52-72-136(20,99)100,83-63-119(3,33-41-125(9,53-73-137(21,101)102)54-74-138(22,103)104)34-42-126(10,55-75-139(23,105)106)56-76-140(24,107)108)84-64-120(4,35-43-127(11,57-77-141(25,109)110)58-78-142(26,111)112)36-44-128(12,59-79-143(27,113)114)60-80-144(28,115)116/h29-84H2,1-28H3. The van der Waals surface area contributed by atoms with Gasteiger partial charge in [-0.2, -0.15) is 0 Å². The van der Waals surface area contributed by atoms with Crippen LogP contribution < -0.4 is 0 Å². The molecule has 0 amide bonds. The molecular weight excluding hydrogens is 2960 g/mol. The number of hydrogen-bond acceptors (Lipinski definition) is 0. The molecular formula is C84H196Cl32Si29. The Morgan fingerprint density at radius 1 is 0.0690 bits per heavy atom. The molecule has 0 radical (unpaired) electrons. The maximum absolute atomic E-state index is 7.33. The number of halogens is 32. The van der Waals surface area contributed by atoms with Gasteiger partial charge in [0.2, 0.25) is 107 Å². The van der Waals surface area contributed by atoms with Crippen LogP contribution in [0.3, 0.4) is 0 Å². The molecule has 0 nitrogen and oxygen atoms in total. The van der Waals surface area contributed by atoms with Gasteiger partial charge in [0.1, 0.15) is 0 Å². The summed E-state index contributed by atoms with van der Waals surface area (Å²) >= 11 is 235. The van der Waals surface area contributed by atoms with Gasteiger partial charge in [0.05, 0.1) is 8.07 Å². The fourth-order valence-electron chi connectivity index (χ4n) is 20.7. The van der Waals surface area contributed by atoms with Crippen molar-refractivity contribution < 1.29 is 0 Å². The first kappa shape index (κ1) is 161. The van der Waals surface area contributed by atoms with Gasteiger partial charge in [-0.1, -0.05) is 320 Å². The normalized spacial score (nSPS) is 15.5. The second-order valence-electron chi connectivity index (χ2n) is 54.4. The quantitative estimate of drug-likeness (QED) is 0.0421. The van der Waals surface area contributed by atoms with E-state index < -0.39 is 212 Å². The average Bonchev–Trinajstić information content (AvgIpc) is 0.792. The van der Waals surface area contributed by atoms with Crippen molar-refractivity contribution in [3.05, 3.63) is 0 Å². The number of hydrogen-bond donors (Lipinski definition) is 0. The Labute approximate surface area is 1070 Å². The Morgan fingerprint density at radius 3 is 0.159 bits per heavy atom. The molecule has 0 fully saturated rings. The van der Waals surface area contributed by atoms with Crippen molar-refractivity contribution in [1.82, 2.24) is 0 Å². The highest BCUT2D eigenvalue weighted by Gasteiger charge is 2.52. The van der Waals surface area contributed by atoms with E-state index in [1.165, 1.54) is 145 Å². The van der Waals surface area contributed by atoms with Crippen LogP contribution in [-0.2, 0) is 0 Å². The summed E-state index contributed by atoms with van der Waals surface area (Å²) in [5, 5.41) is 0. The van der Waals surface area contributed by atoms with Crippen LogP contribution in [0.1, 0.15) is 0 Å². The third-order valence-corrected chi connectivity index (χ3v) is 142. The summed E-state index contributed by atoms with van der Waals surface area (Å²) in [5.41, 5.74) is 0. The average molecular weight is 3160 g/mol. The summed E-state index contributed by atoms with van der Waals surface area (Å²) < 4.78 is 0. The molecule has 145 heavy (non-hydrogen) atoms. The fraction of sp³-hybridized carbons (Fsp3) is 1.00. The summed E-state index contributed by atoms with van der Waals surface area (Å²) in [7, 11) is -29.6. The van der Waals surface area contributed by atoms with Gasteiger partial charge in [-0.15, -0.1) is 355 Å². The summed E-state index contributed by atoms with van der Waals surface area (Å²) in [6.07, 6.45) is 0. The molecule has 0 aromatic carbocycles. The molecule has 0 saturated carbocycles. The Morgan fingerprint density at radius 2 is 0.110 bits per heavy atom. The SMILES string of the molecule is C[Si](Cl)(Cl)CC[Si](C)(CC[Si](C)(Cl)Cl)CC[Si](C)(CC[Si](C)(CC[Si](C)(Cl)Cl)CC[Si](C)(Cl)Cl)CC[Si](CC[Si](C)(CC[Si](C)(CC[Si](C)(Cl)Cl)CC[Si](C)(Cl)Cl)CC[Si](C)(CC[Si](C)(Cl)Cl)CC[Si](C)(Cl)Cl)(CC[Si](C)(CC[Si](C)(CC[Si](C)(Cl)Cl)CC[Si](C)(Cl)Cl)CC[Si](C)(CC[Si](C)(Cl)Cl)CC[Si](C)(Cl)Cl)CC[Si](C)(CC[Si](C)(CC[Si](C)(Cl)Cl)CC[Si](C)(Cl)Cl)CC[Si](C)(CC[Si](C)(Cl)Cl)CC[Si](C)(Cl)Cl. The van der Waals surface area contributed by atoms with E-state index in [0.717, 1.165) is 193 Å². The molecule has 872 valence electrons. The van der Waals surface area contributed by atoms with E-state index in [9.17, 15) is 0 Å². The molecule has 0 heterocycles. The minimum absolute atomic E-state index is 0.857. The molecule has 0 spiro atoms. The Balaban J connectivity index is 11.9. The van der Waals surface area contributed by atoms with E-state index >= 15 is 0 Å². The fourth-order valence-corrected chi connectivity index (χ4v) is 182. The van der Waals surface area contributed by atoms with Crippen LogP contribution in [0.4, 0.5) is 0 Å². The zero-order valence-electron chi connectivity index (χ0n) is 94.2. The van der Waals surface area contributed by atoms with Crippen molar-refractivity contribution in [1.29, 1.82) is 0 Å². The Hall–Kier alpha value is 15.6. The zero-order chi connectivity index (χ0) is 114. The molecule has 0 N–H and O–H groups in total. The lowest BCUT2D eigenvalue weighted by Crippen LogP contribution is -2.47. The van der Waals surface area contributed by atoms with Crippen molar-refractivity contribution in [2.24, 2.45) is 0 Å². The highest BCUT2D eigenvalue weighted by Crippen LogP contribution is 2.54. The maximum atomic E-state index is 7.33. The van der Waals surface area contributed by atoms with Crippen LogP contribution in [0.25, 0.3) is 0 Å². The van der Waals surface area contributed by atoms with Gasteiger partial charge < -0.3 is 0 Å². The molecule has 61 heteroatoms. The Kier molecular flexibility index (Phi) is 73.7. The molecule has 0 rings (SSSR count). The van der Waals surface area contributed by atoms with Crippen LogP contribution in [0, 0.1) is 0 Å². The van der Waals surface area contributed by atoms with Crippen LogP contribution in [0.15, 0.2) is 0 Å². The van der Waals surface area contributed by atoms with E-state index in [-0.39, 0.29) is 0 Å². The third kappa shape index (κ3) is 88.5. The first-order valence-corrected chi connectivity index (χ1v) is 170. The van der Waals surface area contributed by atoms with Crippen LogP contribution in [0.2, 0.25) is 522 Å². The monoisotopic (exact) mass is 3140 g/mol. The summed E-state index contributed by atoms with van der Waals surface area (Å²) in [4.78, 5) is 0. The van der Waals surface area contributed by atoms with Gasteiger partial charge in [-0.05, 0) is 201 Å². The van der Waals surface area contributed by atoms with Gasteiger partial charge >= 0.3 is 0 Å². The topological polar surface area (TPSA) is 0 Å². The van der Waals surface area contributed by atoms with Crippen molar-refractivity contribution in [2.45, 2.75) is 522 Å². The molecule has 0 aromatic rings. The lowest BCUT2D eigenvalue weighted by molar-refractivity contribution is 0.999. The van der Waals surface area contributed by atoms with Crippen LogP contribution >= 0.6 is 355 Å². The van der Waals surface area contributed by atoms with E-state index in [1.807, 2.05) is 0 Å². The van der Waals surface area contributed by atoms with Gasteiger partial charge in [0, 0.05) is 96.9 Å². The Bertz CT molecular complexity index is 2830. The van der Waals surface area contributed by atoms with Crippen LogP contribution in [0.5, 0.6) is 0 Å². The molecule has 0 aliphatic carbocycles. The predicted octanol–water partition coefficient (Wildman–Crippen LogP) is 53.2. The van der Waals surface area contributed by atoms with Crippen molar-refractivity contribution in [3.63, 3.8) is 0 Å². The largest absolute Gasteiger partial charge is 0.248 e. The van der Waals surface area contributed by atoms with E-state index in [1.54, 1.807) is 0 Å². The molecule has 0 aliphatic heterocycles. The first-order valence-electron chi connectivity index (χ1n) is 53.8. The third-order valence-electron chi connectivity index (χ3n) is 34.4. The molecule has 0 bridgehead atoms. The molecule has 0 unspecified atom stereocenters. The number of rotatable bonds is 84. The van der Waals surface area contributed by atoms with Gasteiger partial charge in [-0.25, -0.2) is 0 Å². The van der Waals surface area contributed by atoms with Crippen molar-refractivity contribution in [3.8, 4) is 0 Å². The lowest BCUT2D eigenvalue weighted by Gasteiger charge is -2.45. The highest BCUT2D eigenvalue weighted by atomic mass is 35.8.